The second-order valence-corrected chi connectivity index (χ2v) is 6.39. The zero-order valence-electron chi connectivity index (χ0n) is 14.4. The van der Waals surface area contributed by atoms with Crippen LogP contribution in [-0.4, -0.2) is 45.9 Å². The van der Waals surface area contributed by atoms with Crippen molar-refractivity contribution in [2.45, 2.75) is 45.9 Å². The molecule has 3 rings (SSSR count). The molecule has 0 radical (unpaired) electrons. The fraction of sp³-hybridized carbons (Fsp3) is 0.500. The average Bonchev–Trinajstić information content (AvgIpc) is 2.56. The van der Waals surface area contributed by atoms with Gasteiger partial charge in [0.1, 0.15) is 0 Å². The molecule has 1 saturated heterocycles. The molecule has 0 aliphatic carbocycles. The molecule has 2 heterocycles. The number of hydrogen-bond acceptors (Lipinski definition) is 4. The summed E-state index contributed by atoms with van der Waals surface area (Å²) in [6.45, 7) is 7.47. The van der Waals surface area contributed by atoms with Gasteiger partial charge in [0.05, 0.1) is 17.6 Å². The molecule has 1 aliphatic rings. The number of rotatable bonds is 3. The normalized spacial score (nSPS) is 21.2. The van der Waals surface area contributed by atoms with Crippen LogP contribution in [0.3, 0.4) is 0 Å². The summed E-state index contributed by atoms with van der Waals surface area (Å²) in [6, 6.07) is 7.19. The van der Waals surface area contributed by atoms with E-state index in [1.807, 2.05) is 32.9 Å². The van der Waals surface area contributed by atoms with Gasteiger partial charge < -0.3 is 9.64 Å². The predicted molar refractivity (Wildman–Crippen MR) is 92.2 cm³/mol. The van der Waals surface area contributed by atoms with Crippen LogP contribution in [0, 0.1) is 0 Å². The van der Waals surface area contributed by atoms with Crippen LogP contribution < -0.4 is 5.56 Å². The largest absolute Gasteiger partial charge is 0.372 e. The molecule has 0 bridgehead atoms. The molecule has 1 aromatic heterocycles. The van der Waals surface area contributed by atoms with Gasteiger partial charge in [0, 0.05) is 25.0 Å². The first-order chi connectivity index (χ1) is 11.5. The fourth-order valence-electron chi connectivity index (χ4n) is 3.25. The van der Waals surface area contributed by atoms with Crippen LogP contribution in [0.2, 0.25) is 0 Å². The molecular formula is C18H23N3O3. The van der Waals surface area contributed by atoms with Crippen LogP contribution in [0.5, 0.6) is 0 Å². The Morgan fingerprint density at radius 2 is 1.83 bits per heavy atom. The van der Waals surface area contributed by atoms with Gasteiger partial charge in [0.25, 0.3) is 11.5 Å². The first-order valence-corrected chi connectivity index (χ1v) is 8.45. The van der Waals surface area contributed by atoms with Crippen LogP contribution in [0.15, 0.2) is 29.1 Å². The Hall–Kier alpha value is -2.21. The highest BCUT2D eigenvalue weighted by Gasteiger charge is 2.29. The SMILES string of the molecule is CCCn1nc(C(=O)N2C[C@@H](C)O[C@H](C)C2)c2ccccc2c1=O. The average molecular weight is 329 g/mol. The Balaban J connectivity index is 2.09. The van der Waals surface area contributed by atoms with Gasteiger partial charge in [-0.2, -0.15) is 5.10 Å². The van der Waals surface area contributed by atoms with Gasteiger partial charge in [-0.1, -0.05) is 25.1 Å². The highest BCUT2D eigenvalue weighted by Crippen LogP contribution is 2.18. The van der Waals surface area contributed by atoms with Gasteiger partial charge in [0.15, 0.2) is 5.69 Å². The number of amides is 1. The number of fused-ring (bicyclic) bond motifs is 1. The van der Waals surface area contributed by atoms with Crippen LogP contribution in [-0.2, 0) is 11.3 Å². The van der Waals surface area contributed by atoms with Crippen molar-refractivity contribution in [3.63, 3.8) is 0 Å². The minimum absolute atomic E-state index is 0.00879. The zero-order valence-corrected chi connectivity index (χ0v) is 14.4. The first-order valence-electron chi connectivity index (χ1n) is 8.45. The van der Waals surface area contributed by atoms with E-state index in [-0.39, 0.29) is 23.7 Å². The van der Waals surface area contributed by atoms with E-state index < -0.39 is 0 Å². The quantitative estimate of drug-likeness (QED) is 0.864. The molecule has 0 N–H and O–H groups in total. The lowest BCUT2D eigenvalue weighted by atomic mass is 10.1. The van der Waals surface area contributed by atoms with Gasteiger partial charge in [0.2, 0.25) is 0 Å². The van der Waals surface area contributed by atoms with Crippen molar-refractivity contribution < 1.29 is 9.53 Å². The number of hydrogen-bond donors (Lipinski definition) is 0. The van der Waals surface area contributed by atoms with E-state index in [0.29, 0.717) is 36.1 Å². The van der Waals surface area contributed by atoms with Crippen molar-refractivity contribution in [1.82, 2.24) is 14.7 Å². The molecule has 1 amide bonds. The van der Waals surface area contributed by atoms with Crippen LogP contribution in [0.4, 0.5) is 0 Å². The Bertz CT molecular complexity index is 805. The van der Waals surface area contributed by atoms with Crippen LogP contribution in [0.25, 0.3) is 10.8 Å². The van der Waals surface area contributed by atoms with Gasteiger partial charge in [-0.15, -0.1) is 0 Å². The molecule has 128 valence electrons. The highest BCUT2D eigenvalue weighted by atomic mass is 16.5. The number of benzene rings is 1. The lowest BCUT2D eigenvalue weighted by Crippen LogP contribution is -2.48. The summed E-state index contributed by atoms with van der Waals surface area (Å²) in [5, 5.41) is 5.55. The van der Waals surface area contributed by atoms with E-state index in [2.05, 4.69) is 5.10 Å². The molecule has 6 heteroatoms. The summed E-state index contributed by atoms with van der Waals surface area (Å²) >= 11 is 0. The van der Waals surface area contributed by atoms with Crippen molar-refractivity contribution in [2.24, 2.45) is 0 Å². The van der Waals surface area contributed by atoms with Crippen molar-refractivity contribution in [2.75, 3.05) is 13.1 Å². The van der Waals surface area contributed by atoms with E-state index in [4.69, 9.17) is 4.74 Å². The lowest BCUT2D eigenvalue weighted by Gasteiger charge is -2.35. The summed E-state index contributed by atoms with van der Waals surface area (Å²) in [6.07, 6.45) is 0.765. The third kappa shape index (κ3) is 3.06. The third-order valence-corrected chi connectivity index (χ3v) is 4.21. The minimum Gasteiger partial charge on any atom is -0.372 e. The smallest absolute Gasteiger partial charge is 0.275 e. The van der Waals surface area contributed by atoms with Crippen LogP contribution in [0.1, 0.15) is 37.7 Å². The van der Waals surface area contributed by atoms with Gasteiger partial charge >= 0.3 is 0 Å². The summed E-state index contributed by atoms with van der Waals surface area (Å²) < 4.78 is 7.11. The number of nitrogens with zero attached hydrogens (tertiary/aromatic N) is 3. The van der Waals surface area contributed by atoms with Crippen molar-refractivity contribution in [3.8, 4) is 0 Å². The van der Waals surface area contributed by atoms with Crippen LogP contribution >= 0.6 is 0 Å². The molecule has 0 saturated carbocycles. The second kappa shape index (κ2) is 6.73. The number of morpholine rings is 1. The van der Waals surface area contributed by atoms with Gasteiger partial charge in [-0.25, -0.2) is 4.68 Å². The molecule has 0 unspecified atom stereocenters. The molecule has 1 aliphatic heterocycles. The minimum atomic E-state index is -0.146. The standard InChI is InChI=1S/C18H23N3O3/c1-4-9-21-17(22)15-8-6-5-7-14(15)16(19-21)18(23)20-10-12(2)24-13(3)11-20/h5-8,12-13H,4,9-11H2,1-3H3/t12-,13-/m1/s1. The summed E-state index contributed by atoms with van der Waals surface area (Å²) in [4.78, 5) is 27.4. The molecule has 0 spiro atoms. The highest BCUT2D eigenvalue weighted by molar-refractivity contribution is 6.04. The van der Waals surface area contributed by atoms with Gasteiger partial charge in [-0.05, 0) is 26.3 Å². The van der Waals surface area contributed by atoms with E-state index >= 15 is 0 Å². The predicted octanol–water partition coefficient (Wildman–Crippen LogP) is 2.06. The molecule has 2 aromatic rings. The maximum absolute atomic E-state index is 13.1. The summed E-state index contributed by atoms with van der Waals surface area (Å²) in [5.74, 6) is -0.141. The number of carbonyl (C=O) groups excluding carboxylic acids is 1. The lowest BCUT2D eigenvalue weighted by molar-refractivity contribution is -0.0587. The maximum Gasteiger partial charge on any atom is 0.275 e. The summed E-state index contributed by atoms with van der Waals surface area (Å²) in [5.41, 5.74) is 0.202. The number of ether oxygens (including phenoxy) is 1. The number of aryl methyl sites for hydroxylation is 1. The Morgan fingerprint density at radius 3 is 2.46 bits per heavy atom. The number of carbonyl (C=O) groups is 1. The molecular weight excluding hydrogens is 306 g/mol. The van der Waals surface area contributed by atoms with E-state index in [1.54, 1.807) is 17.0 Å². The fourth-order valence-corrected chi connectivity index (χ4v) is 3.25. The molecule has 1 aromatic carbocycles. The third-order valence-electron chi connectivity index (χ3n) is 4.21. The van der Waals surface area contributed by atoms with Crippen molar-refractivity contribution >= 4 is 16.7 Å². The van der Waals surface area contributed by atoms with Crippen molar-refractivity contribution in [3.05, 3.63) is 40.3 Å². The van der Waals surface area contributed by atoms with Crippen molar-refractivity contribution in [1.29, 1.82) is 0 Å². The molecule has 1 fully saturated rings. The maximum atomic E-state index is 13.1. The van der Waals surface area contributed by atoms with E-state index in [1.165, 1.54) is 4.68 Å². The Morgan fingerprint density at radius 1 is 1.21 bits per heavy atom. The molecule has 6 nitrogen and oxygen atoms in total. The molecule has 24 heavy (non-hydrogen) atoms. The van der Waals surface area contributed by atoms with E-state index in [0.717, 1.165) is 6.42 Å². The second-order valence-electron chi connectivity index (χ2n) is 6.39. The Kier molecular flexibility index (Phi) is 4.66. The van der Waals surface area contributed by atoms with E-state index in [9.17, 15) is 9.59 Å². The Labute approximate surface area is 141 Å². The molecule has 2 atom stereocenters. The summed E-state index contributed by atoms with van der Waals surface area (Å²) in [7, 11) is 0. The topological polar surface area (TPSA) is 64.4 Å². The van der Waals surface area contributed by atoms with Gasteiger partial charge in [-0.3, -0.25) is 9.59 Å². The number of aromatic nitrogens is 2. The zero-order chi connectivity index (χ0) is 17.3. The monoisotopic (exact) mass is 329 g/mol. The first kappa shape index (κ1) is 16.6.